The molecule has 1 rings (SSSR count). The molecule has 12 heteroatoms. The van der Waals surface area contributed by atoms with Crippen molar-refractivity contribution in [1.29, 1.82) is 0 Å². The fraction of sp³-hybridized carbons (Fsp3) is 0.893. The molecule has 0 saturated heterocycles. The maximum atomic E-state index is 13.4. The van der Waals surface area contributed by atoms with Gasteiger partial charge in [-0.15, -0.1) is 0 Å². The van der Waals surface area contributed by atoms with E-state index in [1.807, 2.05) is 13.8 Å². The molecule has 0 spiro atoms. The summed E-state index contributed by atoms with van der Waals surface area (Å²) in [5.74, 6) is -1.64. The molecule has 3 atom stereocenters. The molecule has 1 aliphatic rings. The summed E-state index contributed by atoms with van der Waals surface area (Å²) >= 11 is 0. The molecule has 0 aromatic rings. The molecule has 0 radical (unpaired) electrons. The highest BCUT2D eigenvalue weighted by atomic mass is 19.4. The minimum Gasteiger partial charge on any atom is -0.459 e. The van der Waals surface area contributed by atoms with Gasteiger partial charge in [0.1, 0.15) is 6.10 Å². The Kier molecular flexibility index (Phi) is 12.2. The van der Waals surface area contributed by atoms with Crippen LogP contribution >= 0.6 is 0 Å². The molecule has 0 aliphatic heterocycles. The van der Waals surface area contributed by atoms with Crippen molar-refractivity contribution in [3.05, 3.63) is 12.2 Å². The van der Waals surface area contributed by atoms with Crippen LogP contribution in [0.15, 0.2) is 12.2 Å². The number of ether oxygens (including phenoxy) is 3. The maximum Gasteiger partial charge on any atom is 0.428 e. The molecule has 0 bridgehead atoms. The average molecular weight is 593 g/mol. The van der Waals surface area contributed by atoms with E-state index in [2.05, 4.69) is 6.58 Å². The van der Waals surface area contributed by atoms with Crippen LogP contribution in [-0.4, -0.2) is 70.3 Å². The van der Waals surface area contributed by atoms with E-state index in [9.17, 15) is 41.4 Å². The van der Waals surface area contributed by atoms with Gasteiger partial charge in [-0.25, -0.2) is 4.79 Å². The third-order valence-electron chi connectivity index (χ3n) is 8.39. The number of aliphatic hydroxyl groups is 2. The predicted molar refractivity (Wildman–Crippen MR) is 137 cm³/mol. The third kappa shape index (κ3) is 8.35. The molecule has 2 N–H and O–H groups in total. The molecule has 0 aromatic carbocycles. The van der Waals surface area contributed by atoms with Gasteiger partial charge < -0.3 is 24.4 Å². The highest BCUT2D eigenvalue weighted by Gasteiger charge is 2.71. The Bertz CT molecular complexity index is 826. The van der Waals surface area contributed by atoms with Gasteiger partial charge in [0.2, 0.25) is 0 Å². The number of alkyl halides is 6. The van der Waals surface area contributed by atoms with Crippen LogP contribution in [0.2, 0.25) is 0 Å². The summed E-state index contributed by atoms with van der Waals surface area (Å²) in [4.78, 5) is 12.4. The van der Waals surface area contributed by atoms with Crippen LogP contribution in [0.1, 0.15) is 93.4 Å². The molecule has 236 valence electrons. The fourth-order valence-electron chi connectivity index (χ4n) is 5.67. The van der Waals surface area contributed by atoms with Crippen LogP contribution in [0.25, 0.3) is 0 Å². The van der Waals surface area contributed by atoms with E-state index >= 15 is 0 Å². The molecule has 1 fully saturated rings. The van der Waals surface area contributed by atoms with Gasteiger partial charge in [-0.05, 0) is 77.6 Å². The second kappa shape index (κ2) is 13.3. The monoisotopic (exact) mass is 592 g/mol. The van der Waals surface area contributed by atoms with Gasteiger partial charge in [0.05, 0.1) is 30.0 Å². The minimum atomic E-state index is -6.02. The summed E-state index contributed by atoms with van der Waals surface area (Å²) in [6.45, 7) is 13.2. The first-order chi connectivity index (χ1) is 18.1. The zero-order valence-corrected chi connectivity index (χ0v) is 24.6. The Balaban J connectivity index is 3.55. The maximum absolute atomic E-state index is 13.4. The van der Waals surface area contributed by atoms with E-state index in [-0.39, 0.29) is 37.4 Å². The summed E-state index contributed by atoms with van der Waals surface area (Å²) in [5, 5.41) is 20.1. The molecule has 0 heterocycles. The van der Waals surface area contributed by atoms with Crippen LogP contribution in [-0.2, 0) is 19.0 Å². The summed E-state index contributed by atoms with van der Waals surface area (Å²) in [6.07, 6.45) is -10.9. The predicted octanol–water partition coefficient (Wildman–Crippen LogP) is 6.67. The smallest absolute Gasteiger partial charge is 0.428 e. The first-order valence-electron chi connectivity index (χ1n) is 13.8. The number of carbonyl (C=O) groups excluding carboxylic acids is 1. The largest absolute Gasteiger partial charge is 0.459 e. The highest BCUT2D eigenvalue weighted by molar-refractivity contribution is 5.87. The molecule has 3 unspecified atom stereocenters. The Hall–Kier alpha value is -1.37. The Morgan fingerprint density at radius 2 is 1.15 bits per heavy atom. The zero-order valence-electron chi connectivity index (χ0n) is 24.6. The zero-order chi connectivity index (χ0) is 31.4. The van der Waals surface area contributed by atoms with E-state index in [4.69, 9.17) is 14.2 Å². The van der Waals surface area contributed by atoms with Crippen molar-refractivity contribution in [2.24, 2.45) is 11.8 Å². The summed E-state index contributed by atoms with van der Waals surface area (Å²) < 4.78 is 98.1. The van der Waals surface area contributed by atoms with Gasteiger partial charge in [-0.1, -0.05) is 34.3 Å². The van der Waals surface area contributed by atoms with Gasteiger partial charge >= 0.3 is 18.3 Å². The van der Waals surface area contributed by atoms with E-state index in [1.165, 1.54) is 6.92 Å². The van der Waals surface area contributed by atoms with Crippen molar-refractivity contribution in [3.63, 3.8) is 0 Å². The average Bonchev–Trinajstić information content (AvgIpc) is 2.83. The molecular weight excluding hydrogens is 546 g/mol. The van der Waals surface area contributed by atoms with Gasteiger partial charge in [0, 0.05) is 5.57 Å². The lowest BCUT2D eigenvalue weighted by atomic mass is 9.64. The number of hydrogen-bond donors (Lipinski definition) is 2. The van der Waals surface area contributed by atoms with Gasteiger partial charge in [0.25, 0.3) is 5.60 Å². The second-order valence-electron chi connectivity index (χ2n) is 11.7. The summed E-state index contributed by atoms with van der Waals surface area (Å²) in [6, 6.07) is 0. The van der Waals surface area contributed by atoms with Gasteiger partial charge in [-0.2, -0.15) is 26.3 Å². The van der Waals surface area contributed by atoms with E-state index < -0.39 is 59.4 Å². The molecule has 1 aliphatic carbocycles. The summed E-state index contributed by atoms with van der Waals surface area (Å²) in [5.41, 5.74) is -8.39. The van der Waals surface area contributed by atoms with Crippen molar-refractivity contribution in [2.75, 3.05) is 13.2 Å². The van der Waals surface area contributed by atoms with E-state index in [0.717, 1.165) is 0 Å². The Morgan fingerprint density at radius 3 is 1.45 bits per heavy atom. The van der Waals surface area contributed by atoms with Crippen LogP contribution in [0.3, 0.4) is 0 Å². The normalized spacial score (nSPS) is 21.8. The van der Waals surface area contributed by atoms with E-state index in [0.29, 0.717) is 25.7 Å². The topological polar surface area (TPSA) is 85.2 Å². The number of hydrogen-bond acceptors (Lipinski definition) is 6. The Morgan fingerprint density at radius 1 is 0.775 bits per heavy atom. The lowest BCUT2D eigenvalue weighted by Gasteiger charge is -2.51. The van der Waals surface area contributed by atoms with Crippen LogP contribution in [0.4, 0.5) is 26.3 Å². The van der Waals surface area contributed by atoms with Crippen LogP contribution in [0, 0.1) is 11.8 Å². The SMILES string of the molecule is C=C(C)C(=O)OC1CC(C(CC)(CC)OCC(C)(C)O)CC(C(CC)(CC)OCC(O)(C(F)(F)F)C(F)(F)F)C1. The van der Waals surface area contributed by atoms with Crippen molar-refractivity contribution in [3.8, 4) is 0 Å². The molecule has 0 aromatic heterocycles. The first kappa shape index (κ1) is 36.7. The minimum absolute atomic E-state index is 0.0144. The van der Waals surface area contributed by atoms with Gasteiger partial charge in [0.15, 0.2) is 0 Å². The molecule has 40 heavy (non-hydrogen) atoms. The van der Waals surface area contributed by atoms with Crippen molar-refractivity contribution in [2.45, 2.75) is 134 Å². The van der Waals surface area contributed by atoms with Crippen molar-refractivity contribution >= 4 is 5.97 Å². The molecular formula is C28H46F6O6. The van der Waals surface area contributed by atoms with E-state index in [1.54, 1.807) is 27.7 Å². The van der Waals surface area contributed by atoms with Crippen LogP contribution < -0.4 is 0 Å². The lowest BCUT2D eigenvalue weighted by molar-refractivity contribution is -0.384. The fourth-order valence-corrected chi connectivity index (χ4v) is 5.67. The highest BCUT2D eigenvalue weighted by Crippen LogP contribution is 2.50. The molecule has 6 nitrogen and oxygen atoms in total. The Labute approximate surface area is 233 Å². The molecule has 0 amide bonds. The third-order valence-corrected chi connectivity index (χ3v) is 8.39. The number of carbonyl (C=O) groups is 1. The summed E-state index contributed by atoms with van der Waals surface area (Å²) in [7, 11) is 0. The number of halogens is 6. The van der Waals surface area contributed by atoms with Crippen molar-refractivity contribution < 1.29 is 55.6 Å². The van der Waals surface area contributed by atoms with Gasteiger partial charge in [-0.3, -0.25) is 0 Å². The van der Waals surface area contributed by atoms with Crippen molar-refractivity contribution in [1.82, 2.24) is 0 Å². The standard InChI is InChI=1S/C28H46F6O6/c1-9-24(10-2,38-16-23(7,8)36)19-13-20(15-21(14-19)40-22(35)18(5)6)25(11-3,12-4)39-17-26(37,27(29,30)31)28(32,33)34/h19-21,36-37H,5,9-17H2,1-4,6-8H3. The first-order valence-corrected chi connectivity index (χ1v) is 13.8. The lowest BCUT2D eigenvalue weighted by Crippen LogP contribution is -2.62. The number of rotatable bonds is 14. The molecule has 1 saturated carbocycles. The van der Waals surface area contributed by atoms with Crippen LogP contribution in [0.5, 0.6) is 0 Å². The second-order valence-corrected chi connectivity index (χ2v) is 11.7. The quantitative estimate of drug-likeness (QED) is 0.133. The number of esters is 1.